The minimum Gasteiger partial charge on any atom is -0.308 e. The second-order valence-corrected chi connectivity index (χ2v) is 5.43. The molecule has 2 rings (SSSR count). The van der Waals surface area contributed by atoms with E-state index < -0.39 is 0 Å². The van der Waals surface area contributed by atoms with Crippen LogP contribution < -0.4 is 5.32 Å². The summed E-state index contributed by atoms with van der Waals surface area (Å²) in [5.74, 6) is 0.767. The molecule has 1 saturated heterocycles. The molecule has 0 radical (unpaired) electrons. The van der Waals surface area contributed by atoms with Crippen LogP contribution in [0.15, 0.2) is 12.4 Å². The van der Waals surface area contributed by atoms with Gasteiger partial charge in [-0.2, -0.15) is 0 Å². The van der Waals surface area contributed by atoms with Crippen LogP contribution in [0, 0.1) is 12.8 Å². The van der Waals surface area contributed by atoms with Crippen LogP contribution in [-0.2, 0) is 0 Å². The van der Waals surface area contributed by atoms with Gasteiger partial charge in [-0.25, -0.2) is 0 Å². The fourth-order valence-corrected chi connectivity index (χ4v) is 2.72. The molecule has 18 heavy (non-hydrogen) atoms. The van der Waals surface area contributed by atoms with Crippen molar-refractivity contribution < 1.29 is 0 Å². The highest BCUT2D eigenvalue weighted by molar-refractivity contribution is 5.12. The van der Waals surface area contributed by atoms with E-state index in [0.29, 0.717) is 0 Å². The third-order valence-electron chi connectivity index (χ3n) is 3.76. The maximum atomic E-state index is 4.42. The Morgan fingerprint density at radius 1 is 1.44 bits per heavy atom. The number of hydrogen-bond acceptors (Lipinski definition) is 4. The summed E-state index contributed by atoms with van der Waals surface area (Å²) in [5, 5.41) is 3.60. The number of rotatable bonds is 4. The van der Waals surface area contributed by atoms with E-state index >= 15 is 0 Å². The zero-order chi connectivity index (χ0) is 13.0. The Morgan fingerprint density at radius 2 is 2.22 bits per heavy atom. The topological polar surface area (TPSA) is 41.1 Å². The maximum absolute atomic E-state index is 4.42. The van der Waals surface area contributed by atoms with Crippen molar-refractivity contribution in [1.29, 1.82) is 0 Å². The van der Waals surface area contributed by atoms with Crippen molar-refractivity contribution in [3.05, 3.63) is 23.8 Å². The van der Waals surface area contributed by atoms with Gasteiger partial charge in [0.25, 0.3) is 0 Å². The SMILES string of the molecule is Cc1nccnc1C(C)NCC1CCCN(C)C1. The number of piperidine rings is 1. The van der Waals surface area contributed by atoms with Crippen LogP contribution in [0.4, 0.5) is 0 Å². The number of aromatic nitrogens is 2. The number of hydrogen-bond donors (Lipinski definition) is 1. The molecule has 1 aliphatic heterocycles. The molecule has 2 heterocycles. The monoisotopic (exact) mass is 248 g/mol. The molecule has 2 unspecified atom stereocenters. The first-order chi connectivity index (χ1) is 8.66. The van der Waals surface area contributed by atoms with Crippen LogP contribution in [0.25, 0.3) is 0 Å². The molecule has 0 aromatic carbocycles. The first-order valence-corrected chi connectivity index (χ1v) is 6.86. The molecule has 4 nitrogen and oxygen atoms in total. The molecule has 0 bridgehead atoms. The molecule has 1 fully saturated rings. The Bertz CT molecular complexity index is 380. The molecule has 0 spiro atoms. The molecule has 1 aromatic heterocycles. The first kappa shape index (κ1) is 13.4. The molecular weight excluding hydrogens is 224 g/mol. The van der Waals surface area contributed by atoms with Gasteiger partial charge >= 0.3 is 0 Å². The zero-order valence-electron chi connectivity index (χ0n) is 11.7. The van der Waals surface area contributed by atoms with E-state index in [-0.39, 0.29) is 6.04 Å². The summed E-state index contributed by atoms with van der Waals surface area (Å²) in [4.78, 5) is 11.1. The van der Waals surface area contributed by atoms with E-state index in [0.717, 1.165) is 23.9 Å². The van der Waals surface area contributed by atoms with Gasteiger partial charge in [0.15, 0.2) is 0 Å². The standard InChI is InChI=1S/C14H24N4/c1-11-14(16-7-6-15-11)12(2)17-9-13-5-4-8-18(3)10-13/h6-7,12-13,17H,4-5,8-10H2,1-3H3. The van der Waals surface area contributed by atoms with E-state index in [1.807, 2.05) is 6.92 Å². The Balaban J connectivity index is 1.84. The Labute approximate surface area is 110 Å². The average Bonchev–Trinajstić information content (AvgIpc) is 2.37. The summed E-state index contributed by atoms with van der Waals surface area (Å²) in [5.41, 5.74) is 2.10. The molecule has 0 saturated carbocycles. The van der Waals surface area contributed by atoms with Gasteiger partial charge in [-0.05, 0) is 52.7 Å². The van der Waals surface area contributed by atoms with Gasteiger partial charge in [-0.3, -0.25) is 9.97 Å². The minimum absolute atomic E-state index is 0.283. The summed E-state index contributed by atoms with van der Waals surface area (Å²) in [6.45, 7) is 7.72. The Morgan fingerprint density at radius 3 is 2.94 bits per heavy atom. The largest absolute Gasteiger partial charge is 0.308 e. The van der Waals surface area contributed by atoms with Crippen molar-refractivity contribution in [2.45, 2.75) is 32.7 Å². The van der Waals surface area contributed by atoms with Gasteiger partial charge in [0.05, 0.1) is 11.4 Å². The molecular formula is C14H24N4. The summed E-state index contributed by atoms with van der Waals surface area (Å²) in [7, 11) is 2.21. The van der Waals surface area contributed by atoms with Gasteiger partial charge in [-0.1, -0.05) is 0 Å². The predicted octanol–water partition coefficient (Wildman–Crippen LogP) is 1.78. The van der Waals surface area contributed by atoms with E-state index in [9.17, 15) is 0 Å². The first-order valence-electron chi connectivity index (χ1n) is 6.86. The van der Waals surface area contributed by atoms with Crippen molar-refractivity contribution in [2.75, 3.05) is 26.7 Å². The molecule has 4 heteroatoms. The van der Waals surface area contributed by atoms with Crippen molar-refractivity contribution in [2.24, 2.45) is 5.92 Å². The van der Waals surface area contributed by atoms with Gasteiger partial charge in [0, 0.05) is 25.0 Å². The van der Waals surface area contributed by atoms with Crippen molar-refractivity contribution in [1.82, 2.24) is 20.2 Å². The highest BCUT2D eigenvalue weighted by Crippen LogP contribution is 2.16. The normalized spacial score (nSPS) is 22.9. The summed E-state index contributed by atoms with van der Waals surface area (Å²) >= 11 is 0. The summed E-state index contributed by atoms with van der Waals surface area (Å²) < 4.78 is 0. The van der Waals surface area contributed by atoms with Gasteiger partial charge in [-0.15, -0.1) is 0 Å². The smallest absolute Gasteiger partial charge is 0.0782 e. The van der Waals surface area contributed by atoms with E-state index in [4.69, 9.17) is 0 Å². The van der Waals surface area contributed by atoms with Crippen LogP contribution in [0.3, 0.4) is 0 Å². The molecule has 2 atom stereocenters. The lowest BCUT2D eigenvalue weighted by Crippen LogP contribution is -2.38. The van der Waals surface area contributed by atoms with Crippen LogP contribution >= 0.6 is 0 Å². The van der Waals surface area contributed by atoms with Crippen LogP contribution in [0.2, 0.25) is 0 Å². The number of nitrogens with zero attached hydrogens (tertiary/aromatic N) is 3. The number of nitrogens with one attached hydrogen (secondary N) is 1. The molecule has 1 N–H and O–H groups in total. The number of likely N-dealkylation sites (tertiary alicyclic amines) is 1. The third-order valence-corrected chi connectivity index (χ3v) is 3.76. The fraction of sp³-hybridized carbons (Fsp3) is 0.714. The van der Waals surface area contributed by atoms with Crippen LogP contribution in [0.5, 0.6) is 0 Å². The highest BCUT2D eigenvalue weighted by atomic mass is 15.1. The van der Waals surface area contributed by atoms with Gasteiger partial charge in [0.2, 0.25) is 0 Å². The van der Waals surface area contributed by atoms with Crippen LogP contribution in [-0.4, -0.2) is 41.5 Å². The van der Waals surface area contributed by atoms with Crippen molar-refractivity contribution in [3.63, 3.8) is 0 Å². The second kappa shape index (κ2) is 6.25. The fourth-order valence-electron chi connectivity index (χ4n) is 2.72. The van der Waals surface area contributed by atoms with E-state index in [2.05, 4.69) is 34.2 Å². The lowest BCUT2D eigenvalue weighted by atomic mass is 9.98. The zero-order valence-corrected chi connectivity index (χ0v) is 11.7. The second-order valence-electron chi connectivity index (χ2n) is 5.43. The molecule has 100 valence electrons. The lowest BCUT2D eigenvalue weighted by molar-refractivity contribution is 0.203. The van der Waals surface area contributed by atoms with Gasteiger partial charge in [0.1, 0.15) is 0 Å². The average molecular weight is 248 g/mol. The summed E-state index contributed by atoms with van der Waals surface area (Å²) in [6.07, 6.45) is 6.18. The van der Waals surface area contributed by atoms with Crippen LogP contribution in [0.1, 0.15) is 37.2 Å². The minimum atomic E-state index is 0.283. The summed E-state index contributed by atoms with van der Waals surface area (Å²) in [6, 6.07) is 0.283. The molecule has 0 amide bonds. The molecule has 1 aliphatic rings. The van der Waals surface area contributed by atoms with Crippen molar-refractivity contribution in [3.8, 4) is 0 Å². The van der Waals surface area contributed by atoms with Crippen molar-refractivity contribution >= 4 is 0 Å². The van der Waals surface area contributed by atoms with Gasteiger partial charge < -0.3 is 10.2 Å². The predicted molar refractivity (Wildman–Crippen MR) is 73.4 cm³/mol. The van der Waals surface area contributed by atoms with E-state index in [1.54, 1.807) is 12.4 Å². The Hall–Kier alpha value is -1.00. The highest BCUT2D eigenvalue weighted by Gasteiger charge is 2.18. The molecule has 0 aliphatic carbocycles. The third kappa shape index (κ3) is 3.50. The molecule has 1 aromatic rings. The van der Waals surface area contributed by atoms with E-state index in [1.165, 1.54) is 25.9 Å². The maximum Gasteiger partial charge on any atom is 0.0782 e. The Kier molecular flexibility index (Phi) is 4.66. The lowest BCUT2D eigenvalue weighted by Gasteiger charge is -2.30. The number of aryl methyl sites for hydroxylation is 1. The quantitative estimate of drug-likeness (QED) is 0.882.